The molecule has 1 radical (unpaired) electrons. The van der Waals surface area contributed by atoms with Gasteiger partial charge in [-0.05, 0) is 28.7 Å². The van der Waals surface area contributed by atoms with Crippen LogP contribution in [-0.2, 0) is 20.1 Å². The summed E-state index contributed by atoms with van der Waals surface area (Å²) in [5.74, 6) is 0. The molecule has 5 heteroatoms. The molecule has 3 aromatic carbocycles. The van der Waals surface area contributed by atoms with Crippen molar-refractivity contribution in [3.63, 3.8) is 0 Å². The van der Waals surface area contributed by atoms with E-state index in [1.807, 2.05) is 72.9 Å². The number of hydrogen-bond acceptors (Lipinski definition) is 3. The van der Waals surface area contributed by atoms with E-state index < -0.39 is 8.07 Å². The quantitative estimate of drug-likeness (QED) is 0.145. The summed E-state index contributed by atoms with van der Waals surface area (Å²) >= 11 is 0. The van der Waals surface area contributed by atoms with Crippen molar-refractivity contribution < 1.29 is 24.5 Å². The molecule has 181 valence electrons. The molecule has 0 N–H and O–H groups in total. The van der Waals surface area contributed by atoms with Crippen LogP contribution < -0.4 is 5.19 Å². The van der Waals surface area contributed by atoms with Gasteiger partial charge in [-0.25, -0.2) is 0 Å². The first-order valence-electron chi connectivity index (χ1n) is 11.7. The summed E-state index contributed by atoms with van der Waals surface area (Å²) in [6.07, 6.45) is 3.81. The zero-order valence-electron chi connectivity index (χ0n) is 20.5. The van der Waals surface area contributed by atoms with Crippen LogP contribution in [0.2, 0.25) is 19.6 Å². The SMILES string of the molecule is C[Si](C)(C)c1ccc(-c2[c-]cc3oc4ccccc4c3c2)nc1.[Ir].[c-]1ccccc1-c1ccccn1. The van der Waals surface area contributed by atoms with E-state index in [-0.39, 0.29) is 20.1 Å². The van der Waals surface area contributed by atoms with Crippen LogP contribution in [0, 0.1) is 12.1 Å². The summed E-state index contributed by atoms with van der Waals surface area (Å²) in [6, 6.07) is 36.6. The molecule has 0 aliphatic rings. The molecule has 0 fully saturated rings. The average Bonchev–Trinajstić information content (AvgIpc) is 3.28. The maximum absolute atomic E-state index is 5.86. The third-order valence-electron chi connectivity index (χ3n) is 5.87. The number of para-hydroxylation sites is 1. The minimum atomic E-state index is -1.31. The molecule has 0 bridgehead atoms. The standard InChI is InChI=1S/C20H18NOSi.C11H8N.Ir/c1-23(2,3)15-9-10-18(21-13-15)14-8-11-20-17(12-14)16-6-4-5-7-19(16)22-20;1-2-6-10(7-3-1)11-8-4-5-9-12-11;/h4-7,9-13H,1-3H3;1-6,8-9H;/q2*-1;. The van der Waals surface area contributed by atoms with Gasteiger partial charge in [0.25, 0.3) is 0 Å². The average molecular weight is 663 g/mol. The molecular weight excluding hydrogens is 637 g/mol. The number of rotatable bonds is 3. The van der Waals surface area contributed by atoms with E-state index in [2.05, 4.69) is 66.0 Å². The molecule has 6 rings (SSSR count). The Morgan fingerprint density at radius 1 is 0.694 bits per heavy atom. The van der Waals surface area contributed by atoms with Crippen LogP contribution >= 0.6 is 0 Å². The molecule has 0 amide bonds. The molecule has 0 saturated carbocycles. The summed E-state index contributed by atoms with van der Waals surface area (Å²) in [5, 5.41) is 3.62. The number of pyridine rings is 2. The van der Waals surface area contributed by atoms with Gasteiger partial charge in [-0.2, -0.15) is 0 Å². The van der Waals surface area contributed by atoms with Crippen LogP contribution in [0.15, 0.2) is 108 Å². The van der Waals surface area contributed by atoms with E-state index in [0.717, 1.165) is 44.5 Å². The first kappa shape index (κ1) is 25.7. The Morgan fingerprint density at radius 3 is 2.17 bits per heavy atom. The number of aromatic nitrogens is 2. The number of nitrogens with zero attached hydrogens (tertiary/aromatic N) is 2. The molecule has 0 spiro atoms. The molecule has 0 unspecified atom stereocenters. The van der Waals surface area contributed by atoms with Crippen molar-refractivity contribution in [3.05, 3.63) is 116 Å². The molecule has 0 aliphatic heterocycles. The first-order chi connectivity index (χ1) is 17.0. The zero-order valence-corrected chi connectivity index (χ0v) is 23.8. The fourth-order valence-corrected chi connectivity index (χ4v) is 4.92. The van der Waals surface area contributed by atoms with Gasteiger partial charge in [0.15, 0.2) is 0 Å². The molecule has 0 aliphatic carbocycles. The Labute approximate surface area is 226 Å². The second-order valence-corrected chi connectivity index (χ2v) is 14.5. The van der Waals surface area contributed by atoms with Crippen LogP contribution in [0.1, 0.15) is 0 Å². The smallest absolute Gasteiger partial charge is 0.120 e. The van der Waals surface area contributed by atoms with E-state index in [1.54, 1.807) is 6.20 Å². The van der Waals surface area contributed by atoms with Crippen molar-refractivity contribution in [3.8, 4) is 22.5 Å². The van der Waals surface area contributed by atoms with Crippen molar-refractivity contribution in [1.82, 2.24) is 9.97 Å². The summed E-state index contributed by atoms with van der Waals surface area (Å²) in [5.41, 5.74) is 5.75. The van der Waals surface area contributed by atoms with Crippen molar-refractivity contribution in [2.45, 2.75) is 19.6 Å². The van der Waals surface area contributed by atoms with Gasteiger partial charge in [0.05, 0.1) is 13.7 Å². The van der Waals surface area contributed by atoms with Gasteiger partial charge in [-0.3, -0.25) is 0 Å². The van der Waals surface area contributed by atoms with Gasteiger partial charge in [0.1, 0.15) is 5.58 Å². The van der Waals surface area contributed by atoms with Crippen molar-refractivity contribution >= 4 is 35.2 Å². The summed E-state index contributed by atoms with van der Waals surface area (Å²) in [6.45, 7) is 7.00. The van der Waals surface area contributed by atoms with E-state index in [0.29, 0.717) is 0 Å². The molecule has 3 aromatic heterocycles. The number of fused-ring (bicyclic) bond motifs is 3. The Bertz CT molecular complexity index is 1520. The molecule has 6 aromatic rings. The van der Waals surface area contributed by atoms with Crippen LogP contribution in [0.4, 0.5) is 0 Å². The second kappa shape index (κ2) is 11.1. The molecule has 3 heterocycles. The van der Waals surface area contributed by atoms with Crippen LogP contribution in [0.25, 0.3) is 44.5 Å². The second-order valence-electron chi connectivity index (χ2n) is 9.40. The van der Waals surface area contributed by atoms with E-state index in [9.17, 15) is 0 Å². The largest absolute Gasteiger partial charge is 0.500 e. The monoisotopic (exact) mass is 663 g/mol. The molecule has 0 saturated heterocycles. The van der Waals surface area contributed by atoms with Crippen LogP contribution in [0.3, 0.4) is 0 Å². The van der Waals surface area contributed by atoms with Gasteiger partial charge in [0.2, 0.25) is 0 Å². The summed E-state index contributed by atoms with van der Waals surface area (Å²) < 4.78 is 5.86. The Morgan fingerprint density at radius 2 is 1.47 bits per heavy atom. The van der Waals surface area contributed by atoms with E-state index in [4.69, 9.17) is 4.42 Å². The van der Waals surface area contributed by atoms with Crippen LogP contribution in [-0.4, -0.2) is 18.0 Å². The minimum Gasteiger partial charge on any atom is -0.500 e. The predicted molar refractivity (Wildman–Crippen MR) is 147 cm³/mol. The molecular formula is C31H26IrN2OSi-2. The maximum atomic E-state index is 5.86. The Kier molecular flexibility index (Phi) is 7.95. The van der Waals surface area contributed by atoms with E-state index >= 15 is 0 Å². The molecule has 3 nitrogen and oxygen atoms in total. The fraction of sp³-hybridized carbons (Fsp3) is 0.0968. The third-order valence-corrected chi connectivity index (χ3v) is 7.89. The van der Waals surface area contributed by atoms with Gasteiger partial charge >= 0.3 is 0 Å². The van der Waals surface area contributed by atoms with Crippen molar-refractivity contribution in [2.24, 2.45) is 0 Å². The normalized spacial score (nSPS) is 11.0. The topological polar surface area (TPSA) is 38.9 Å². The Hall–Kier alpha value is -3.37. The summed E-state index contributed by atoms with van der Waals surface area (Å²) in [7, 11) is -1.31. The van der Waals surface area contributed by atoms with Crippen molar-refractivity contribution in [1.29, 1.82) is 0 Å². The third kappa shape index (κ3) is 5.71. The van der Waals surface area contributed by atoms with Gasteiger partial charge in [-0.15, -0.1) is 59.7 Å². The van der Waals surface area contributed by atoms with Gasteiger partial charge in [-0.1, -0.05) is 67.5 Å². The maximum Gasteiger partial charge on any atom is 0.120 e. The van der Waals surface area contributed by atoms with Crippen LogP contribution in [0.5, 0.6) is 0 Å². The van der Waals surface area contributed by atoms with Crippen molar-refractivity contribution in [2.75, 3.05) is 0 Å². The van der Waals surface area contributed by atoms with Gasteiger partial charge in [0, 0.05) is 37.9 Å². The predicted octanol–water partition coefficient (Wildman–Crippen LogP) is 7.54. The number of benzene rings is 3. The first-order valence-corrected chi connectivity index (χ1v) is 15.2. The van der Waals surface area contributed by atoms with Gasteiger partial charge < -0.3 is 14.4 Å². The fourth-order valence-electron chi connectivity index (χ4n) is 3.89. The zero-order chi connectivity index (χ0) is 24.3. The number of hydrogen-bond donors (Lipinski definition) is 0. The number of furan rings is 1. The Balaban J connectivity index is 0.000000198. The summed E-state index contributed by atoms with van der Waals surface area (Å²) in [4.78, 5) is 8.88. The molecule has 36 heavy (non-hydrogen) atoms. The minimum absolute atomic E-state index is 0. The molecule has 0 atom stereocenters. The van der Waals surface area contributed by atoms with E-state index in [1.165, 1.54) is 5.19 Å².